The maximum absolute atomic E-state index is 13.9. The molecule has 1 fully saturated rings. The molecule has 1 saturated heterocycles. The van der Waals surface area contributed by atoms with E-state index in [1.807, 2.05) is 20.8 Å². The molecule has 0 radical (unpaired) electrons. The zero-order valence-corrected chi connectivity index (χ0v) is 14.8. The maximum Gasteiger partial charge on any atom is 0.410 e. The Morgan fingerprint density at radius 1 is 1.36 bits per heavy atom. The van der Waals surface area contributed by atoms with Gasteiger partial charge in [-0.15, -0.1) is 0 Å². The van der Waals surface area contributed by atoms with Gasteiger partial charge in [0.1, 0.15) is 11.3 Å². The molecule has 0 unspecified atom stereocenters. The van der Waals surface area contributed by atoms with Gasteiger partial charge in [-0.2, -0.15) is 4.99 Å². The van der Waals surface area contributed by atoms with E-state index in [-0.39, 0.29) is 23.4 Å². The lowest BCUT2D eigenvalue weighted by Crippen LogP contribution is -2.42. The van der Waals surface area contributed by atoms with E-state index in [0.29, 0.717) is 19.7 Å². The lowest BCUT2D eigenvalue weighted by atomic mass is 9.98. The van der Waals surface area contributed by atoms with E-state index in [1.54, 1.807) is 4.90 Å². The van der Waals surface area contributed by atoms with Gasteiger partial charge in [0, 0.05) is 13.1 Å². The summed E-state index contributed by atoms with van der Waals surface area (Å²) >= 11 is 0. The minimum Gasteiger partial charge on any atom is -0.488 e. The number of ether oxygens (including phenoxy) is 2. The van der Waals surface area contributed by atoms with Crippen molar-refractivity contribution >= 4 is 17.9 Å². The van der Waals surface area contributed by atoms with Gasteiger partial charge in [0.15, 0.2) is 11.6 Å². The monoisotopic (exact) mass is 350 g/mol. The lowest BCUT2D eigenvalue weighted by Gasteiger charge is -2.33. The van der Waals surface area contributed by atoms with Crippen molar-refractivity contribution in [2.45, 2.75) is 39.2 Å². The zero-order valence-electron chi connectivity index (χ0n) is 14.8. The van der Waals surface area contributed by atoms with Crippen LogP contribution in [0.1, 0.15) is 33.6 Å². The Bertz CT molecular complexity index is 658. The van der Waals surface area contributed by atoms with Crippen molar-refractivity contribution in [2.75, 3.05) is 19.7 Å². The Morgan fingerprint density at radius 3 is 2.64 bits per heavy atom. The molecule has 0 aliphatic carbocycles. The number of rotatable bonds is 4. The number of para-hydroxylation sites is 1. The Labute approximate surface area is 146 Å². The molecule has 136 valence electrons. The molecule has 6 nitrogen and oxygen atoms in total. The van der Waals surface area contributed by atoms with Crippen LogP contribution in [0, 0.1) is 11.7 Å². The summed E-state index contributed by atoms with van der Waals surface area (Å²) in [6.07, 6.45) is 2.55. The Morgan fingerprint density at radius 2 is 2.04 bits per heavy atom. The molecule has 1 aromatic carbocycles. The van der Waals surface area contributed by atoms with Crippen LogP contribution in [-0.2, 0) is 9.53 Å². The number of likely N-dealkylation sites (tertiary alicyclic amines) is 1. The van der Waals surface area contributed by atoms with E-state index in [4.69, 9.17) is 9.47 Å². The maximum atomic E-state index is 13.9. The van der Waals surface area contributed by atoms with Crippen LogP contribution in [0.5, 0.6) is 5.75 Å². The number of nitrogens with zero attached hydrogens (tertiary/aromatic N) is 2. The summed E-state index contributed by atoms with van der Waals surface area (Å²) in [6.45, 7) is 6.93. The van der Waals surface area contributed by atoms with Crippen LogP contribution >= 0.6 is 0 Å². The molecule has 0 bridgehead atoms. The number of carbonyl (C=O) groups is 1. The van der Waals surface area contributed by atoms with Crippen molar-refractivity contribution in [2.24, 2.45) is 10.9 Å². The number of hydrogen-bond acceptors (Lipinski definition) is 5. The van der Waals surface area contributed by atoms with Crippen LogP contribution in [0.4, 0.5) is 14.9 Å². The van der Waals surface area contributed by atoms with E-state index in [2.05, 4.69) is 4.99 Å². The van der Waals surface area contributed by atoms with Crippen molar-refractivity contribution < 1.29 is 23.5 Å². The first-order valence-corrected chi connectivity index (χ1v) is 8.27. The van der Waals surface area contributed by atoms with Gasteiger partial charge in [-0.3, -0.25) is 0 Å². The SMILES string of the molecule is CC(C)(C)OC(=O)N1CCC(COc2c(F)cccc2N=C=O)CC1. The number of aliphatic imine (C=N–C) groups is 1. The fraction of sp³-hybridized carbons (Fsp3) is 0.556. The van der Waals surface area contributed by atoms with Gasteiger partial charge in [-0.25, -0.2) is 14.0 Å². The van der Waals surface area contributed by atoms with Gasteiger partial charge in [0.25, 0.3) is 0 Å². The van der Waals surface area contributed by atoms with Gasteiger partial charge in [-0.1, -0.05) is 6.07 Å². The average Bonchev–Trinajstić information content (AvgIpc) is 2.53. The zero-order chi connectivity index (χ0) is 18.4. The van der Waals surface area contributed by atoms with Crippen LogP contribution in [0.3, 0.4) is 0 Å². The van der Waals surface area contributed by atoms with Crippen LogP contribution in [0.2, 0.25) is 0 Å². The third-order valence-electron chi connectivity index (χ3n) is 3.84. The fourth-order valence-electron chi connectivity index (χ4n) is 2.59. The number of hydrogen-bond donors (Lipinski definition) is 0. The molecule has 7 heteroatoms. The molecule has 0 N–H and O–H groups in total. The molecule has 1 aromatic rings. The molecule has 1 aliphatic heterocycles. The summed E-state index contributed by atoms with van der Waals surface area (Å²) in [5.74, 6) is -0.422. The minimum absolute atomic E-state index is 0.0413. The number of halogens is 1. The van der Waals surface area contributed by atoms with Gasteiger partial charge in [0.05, 0.1) is 6.61 Å². The highest BCUT2D eigenvalue weighted by Gasteiger charge is 2.27. The minimum atomic E-state index is -0.567. The third-order valence-corrected chi connectivity index (χ3v) is 3.84. The van der Waals surface area contributed by atoms with Crippen LogP contribution < -0.4 is 4.74 Å². The van der Waals surface area contributed by atoms with Crippen molar-refractivity contribution in [3.63, 3.8) is 0 Å². The number of amides is 1. The molecule has 1 heterocycles. The van der Waals surface area contributed by atoms with Gasteiger partial charge >= 0.3 is 6.09 Å². The highest BCUT2D eigenvalue weighted by atomic mass is 19.1. The molecular weight excluding hydrogens is 327 g/mol. The standard InChI is InChI=1S/C18H23FN2O4/c1-18(2,3)25-17(23)21-9-7-13(8-10-21)11-24-16-14(19)5-4-6-15(16)20-12-22/h4-6,13H,7-11H2,1-3H3. The van der Waals surface area contributed by atoms with E-state index < -0.39 is 11.4 Å². The van der Waals surface area contributed by atoms with E-state index in [9.17, 15) is 14.0 Å². The number of benzene rings is 1. The first-order valence-electron chi connectivity index (χ1n) is 8.27. The smallest absolute Gasteiger partial charge is 0.410 e. The highest BCUT2D eigenvalue weighted by molar-refractivity contribution is 5.68. The van der Waals surface area contributed by atoms with Crippen molar-refractivity contribution in [1.29, 1.82) is 0 Å². The second-order valence-electron chi connectivity index (χ2n) is 7.01. The van der Waals surface area contributed by atoms with E-state index >= 15 is 0 Å². The van der Waals surface area contributed by atoms with Crippen LogP contribution in [-0.4, -0.2) is 42.4 Å². The summed E-state index contributed by atoms with van der Waals surface area (Å²) in [4.78, 5) is 27.6. The van der Waals surface area contributed by atoms with Crippen molar-refractivity contribution in [3.8, 4) is 5.75 Å². The predicted molar refractivity (Wildman–Crippen MR) is 90.2 cm³/mol. The van der Waals surface area contributed by atoms with Crippen molar-refractivity contribution in [3.05, 3.63) is 24.0 Å². The van der Waals surface area contributed by atoms with Gasteiger partial charge in [-0.05, 0) is 51.7 Å². The second kappa shape index (κ2) is 8.12. The third kappa shape index (κ3) is 5.57. The quantitative estimate of drug-likeness (QED) is 0.611. The normalized spacial score (nSPS) is 15.4. The Hall–Kier alpha value is -2.40. The molecular formula is C18H23FN2O4. The van der Waals surface area contributed by atoms with Gasteiger partial charge < -0.3 is 14.4 Å². The molecule has 1 aliphatic rings. The highest BCUT2D eigenvalue weighted by Crippen LogP contribution is 2.31. The second-order valence-corrected chi connectivity index (χ2v) is 7.01. The average molecular weight is 350 g/mol. The predicted octanol–water partition coefficient (Wildman–Crippen LogP) is 3.82. The van der Waals surface area contributed by atoms with Crippen molar-refractivity contribution in [1.82, 2.24) is 4.90 Å². The molecule has 2 rings (SSSR count). The summed E-state index contributed by atoms with van der Waals surface area (Å²) in [5.41, 5.74) is -0.390. The number of isocyanates is 1. The first kappa shape index (κ1) is 18.9. The summed E-state index contributed by atoms with van der Waals surface area (Å²) in [7, 11) is 0. The van der Waals surface area contributed by atoms with E-state index in [1.165, 1.54) is 24.3 Å². The lowest BCUT2D eigenvalue weighted by molar-refractivity contribution is 0.0164. The number of carbonyl (C=O) groups excluding carboxylic acids is 2. The molecule has 0 spiro atoms. The van der Waals surface area contributed by atoms with Crippen LogP contribution in [0.25, 0.3) is 0 Å². The molecule has 0 atom stereocenters. The largest absolute Gasteiger partial charge is 0.488 e. The molecule has 25 heavy (non-hydrogen) atoms. The Balaban J connectivity index is 1.87. The number of piperidine rings is 1. The summed E-state index contributed by atoms with van der Waals surface area (Å²) < 4.78 is 24.8. The first-order chi connectivity index (χ1) is 11.8. The summed E-state index contributed by atoms with van der Waals surface area (Å²) in [5, 5.41) is 0. The fourth-order valence-corrected chi connectivity index (χ4v) is 2.59. The topological polar surface area (TPSA) is 68.2 Å². The molecule has 0 aromatic heterocycles. The molecule has 1 amide bonds. The van der Waals surface area contributed by atoms with Crippen LogP contribution in [0.15, 0.2) is 23.2 Å². The van der Waals surface area contributed by atoms with E-state index in [0.717, 1.165) is 12.8 Å². The molecule has 0 saturated carbocycles. The Kier molecular flexibility index (Phi) is 6.15. The van der Waals surface area contributed by atoms with Gasteiger partial charge in [0.2, 0.25) is 6.08 Å². The summed E-state index contributed by atoms with van der Waals surface area (Å²) in [6, 6.07) is 4.20.